The van der Waals surface area contributed by atoms with E-state index in [1.165, 1.54) is 7.11 Å². The van der Waals surface area contributed by atoms with Crippen molar-refractivity contribution in [2.75, 3.05) is 31.7 Å². The van der Waals surface area contributed by atoms with Crippen LogP contribution in [0.3, 0.4) is 0 Å². The van der Waals surface area contributed by atoms with Crippen molar-refractivity contribution in [1.29, 1.82) is 0 Å². The van der Waals surface area contributed by atoms with Gasteiger partial charge in [-0.05, 0) is 48.5 Å². The van der Waals surface area contributed by atoms with Crippen LogP contribution in [0.1, 0.15) is 0 Å². The van der Waals surface area contributed by atoms with Gasteiger partial charge in [-0.2, -0.15) is 0 Å². The molecule has 0 atom stereocenters. The van der Waals surface area contributed by atoms with E-state index < -0.39 is 6.03 Å². The summed E-state index contributed by atoms with van der Waals surface area (Å²) in [6, 6.07) is 18.2. The summed E-state index contributed by atoms with van der Waals surface area (Å²) in [7, 11) is 4.64. The van der Waals surface area contributed by atoms with E-state index in [-0.39, 0.29) is 0 Å². The standard InChI is InChI=1S/C26H24N4O6/c1-33-20-6-4-5-18(13-20)30(16-31)29-26(32)28-17-7-9-19(10-8-17)36-23-11-12-27-22-15-25(35-3)24(34-2)14-21(22)23/h4-16H,1-3H3,(H2,28,29,32). The number of nitrogens with one attached hydrogen (secondary N) is 2. The molecule has 0 aliphatic heterocycles. The largest absolute Gasteiger partial charge is 0.497 e. The van der Waals surface area contributed by atoms with Crippen LogP contribution in [-0.2, 0) is 4.79 Å². The van der Waals surface area contributed by atoms with Crippen LogP contribution in [0.25, 0.3) is 10.9 Å². The van der Waals surface area contributed by atoms with E-state index in [1.807, 2.05) is 0 Å². The number of rotatable bonds is 9. The third-order valence-electron chi connectivity index (χ3n) is 5.21. The van der Waals surface area contributed by atoms with Crippen molar-refractivity contribution < 1.29 is 28.5 Å². The zero-order chi connectivity index (χ0) is 25.5. The molecule has 10 heteroatoms. The summed E-state index contributed by atoms with van der Waals surface area (Å²) < 4.78 is 21.9. The van der Waals surface area contributed by atoms with Gasteiger partial charge in [-0.25, -0.2) is 15.2 Å². The predicted octanol–water partition coefficient (Wildman–Crippen LogP) is 4.75. The van der Waals surface area contributed by atoms with Crippen molar-refractivity contribution >= 4 is 34.7 Å². The highest BCUT2D eigenvalue weighted by Crippen LogP contribution is 2.37. The minimum Gasteiger partial charge on any atom is -0.497 e. The van der Waals surface area contributed by atoms with Gasteiger partial charge in [0, 0.05) is 29.4 Å². The highest BCUT2D eigenvalue weighted by atomic mass is 16.5. The molecule has 0 aliphatic rings. The average Bonchev–Trinajstić information content (AvgIpc) is 2.92. The summed E-state index contributed by atoms with van der Waals surface area (Å²) in [4.78, 5) is 28.3. The lowest BCUT2D eigenvalue weighted by molar-refractivity contribution is -0.107. The highest BCUT2D eigenvalue weighted by Gasteiger charge is 2.13. The van der Waals surface area contributed by atoms with Gasteiger partial charge < -0.3 is 24.3 Å². The van der Waals surface area contributed by atoms with Crippen LogP contribution in [0, 0.1) is 0 Å². The zero-order valence-electron chi connectivity index (χ0n) is 19.8. The first-order valence-electron chi connectivity index (χ1n) is 10.8. The molecule has 0 spiro atoms. The van der Waals surface area contributed by atoms with Crippen LogP contribution in [-0.4, -0.2) is 38.8 Å². The average molecular weight is 489 g/mol. The van der Waals surface area contributed by atoms with Crippen LogP contribution in [0.2, 0.25) is 0 Å². The number of pyridine rings is 1. The molecule has 0 saturated carbocycles. The van der Waals surface area contributed by atoms with Gasteiger partial charge in [-0.15, -0.1) is 0 Å². The summed E-state index contributed by atoms with van der Waals surface area (Å²) in [6.45, 7) is 0. The van der Waals surface area contributed by atoms with Gasteiger partial charge in [0.05, 0.1) is 32.5 Å². The number of benzene rings is 3. The minimum atomic E-state index is -0.597. The normalized spacial score (nSPS) is 10.3. The fourth-order valence-electron chi connectivity index (χ4n) is 3.45. The van der Waals surface area contributed by atoms with E-state index in [9.17, 15) is 9.59 Å². The number of carbonyl (C=O) groups is 2. The van der Waals surface area contributed by atoms with Crippen LogP contribution < -0.4 is 34.7 Å². The molecular formula is C26H24N4O6. The van der Waals surface area contributed by atoms with E-state index in [2.05, 4.69) is 15.7 Å². The zero-order valence-corrected chi connectivity index (χ0v) is 19.8. The van der Waals surface area contributed by atoms with E-state index in [4.69, 9.17) is 18.9 Å². The third kappa shape index (κ3) is 5.39. The molecule has 1 heterocycles. The molecule has 36 heavy (non-hydrogen) atoms. The predicted molar refractivity (Wildman–Crippen MR) is 135 cm³/mol. The molecule has 3 aromatic carbocycles. The topological polar surface area (TPSA) is 111 Å². The van der Waals surface area contributed by atoms with E-state index >= 15 is 0 Å². The summed E-state index contributed by atoms with van der Waals surface area (Å²) in [5.74, 6) is 2.82. The number of anilines is 2. The van der Waals surface area contributed by atoms with Crippen molar-refractivity contribution in [2.24, 2.45) is 0 Å². The Morgan fingerprint density at radius 2 is 1.61 bits per heavy atom. The van der Waals surface area contributed by atoms with Gasteiger partial charge in [0.15, 0.2) is 11.5 Å². The number of ether oxygens (including phenoxy) is 4. The Bertz CT molecular complexity index is 1380. The van der Waals surface area contributed by atoms with Gasteiger partial charge in [-0.3, -0.25) is 9.78 Å². The molecule has 0 fully saturated rings. The number of hydrogen-bond donors (Lipinski definition) is 2. The monoisotopic (exact) mass is 488 g/mol. The third-order valence-corrected chi connectivity index (χ3v) is 5.21. The molecule has 0 bridgehead atoms. The lowest BCUT2D eigenvalue weighted by atomic mass is 10.2. The fourth-order valence-corrected chi connectivity index (χ4v) is 3.45. The number of hydrogen-bond acceptors (Lipinski definition) is 7. The molecule has 0 radical (unpaired) electrons. The Morgan fingerprint density at radius 1 is 0.861 bits per heavy atom. The maximum absolute atomic E-state index is 12.4. The molecule has 184 valence electrons. The maximum atomic E-state index is 12.4. The first kappa shape index (κ1) is 24.1. The van der Waals surface area contributed by atoms with Gasteiger partial charge in [-0.1, -0.05) is 6.07 Å². The summed E-state index contributed by atoms with van der Waals surface area (Å²) in [5, 5.41) is 4.48. The van der Waals surface area contributed by atoms with Gasteiger partial charge in [0.1, 0.15) is 17.2 Å². The van der Waals surface area contributed by atoms with Crippen molar-refractivity contribution in [3.63, 3.8) is 0 Å². The Kier molecular flexibility index (Phi) is 7.35. The summed E-state index contributed by atoms with van der Waals surface area (Å²) in [5.41, 5.74) is 4.12. The second kappa shape index (κ2) is 11.0. The molecule has 0 unspecified atom stereocenters. The maximum Gasteiger partial charge on any atom is 0.338 e. The first-order chi connectivity index (χ1) is 17.5. The molecule has 10 nitrogen and oxygen atoms in total. The number of urea groups is 1. The smallest absolute Gasteiger partial charge is 0.338 e. The van der Waals surface area contributed by atoms with Crippen LogP contribution in [0.4, 0.5) is 16.2 Å². The first-order valence-corrected chi connectivity index (χ1v) is 10.8. The van der Waals surface area contributed by atoms with E-state index in [0.717, 1.165) is 10.4 Å². The second-order valence-corrected chi connectivity index (χ2v) is 7.40. The lowest BCUT2D eigenvalue weighted by Crippen LogP contribution is -2.43. The Balaban J connectivity index is 1.44. The van der Waals surface area contributed by atoms with Crippen LogP contribution in [0.15, 0.2) is 72.9 Å². The minimum absolute atomic E-state index is 0.446. The number of methoxy groups -OCH3 is 3. The number of fused-ring (bicyclic) bond motifs is 1. The summed E-state index contributed by atoms with van der Waals surface area (Å²) in [6.07, 6.45) is 2.14. The van der Waals surface area contributed by atoms with E-state index in [1.54, 1.807) is 87.1 Å². The number of hydrazine groups is 1. The number of nitrogens with zero attached hydrogens (tertiary/aromatic N) is 2. The van der Waals surface area contributed by atoms with E-state index in [0.29, 0.717) is 52.0 Å². The van der Waals surface area contributed by atoms with Gasteiger partial charge >= 0.3 is 6.03 Å². The number of amides is 3. The van der Waals surface area contributed by atoms with Crippen molar-refractivity contribution in [3.8, 4) is 28.7 Å². The Hall–Kier alpha value is -4.99. The second-order valence-electron chi connectivity index (χ2n) is 7.40. The quantitative estimate of drug-likeness (QED) is 0.258. The highest BCUT2D eigenvalue weighted by molar-refractivity contribution is 5.93. The number of aromatic nitrogens is 1. The molecule has 4 aromatic rings. The van der Waals surface area contributed by atoms with Crippen molar-refractivity contribution in [1.82, 2.24) is 10.4 Å². The molecule has 4 rings (SSSR count). The van der Waals surface area contributed by atoms with Crippen molar-refractivity contribution in [2.45, 2.75) is 0 Å². The molecule has 1 aromatic heterocycles. The van der Waals surface area contributed by atoms with Gasteiger partial charge in [0.25, 0.3) is 0 Å². The van der Waals surface area contributed by atoms with Crippen molar-refractivity contribution in [3.05, 3.63) is 72.9 Å². The fraction of sp³-hybridized carbons (Fsp3) is 0.115. The molecule has 0 saturated heterocycles. The summed E-state index contributed by atoms with van der Waals surface area (Å²) >= 11 is 0. The number of carbonyl (C=O) groups excluding carboxylic acids is 2. The SMILES string of the molecule is COc1cccc(N(C=O)NC(=O)Nc2ccc(Oc3ccnc4cc(OC)c(OC)cc34)cc2)c1. The van der Waals surface area contributed by atoms with Crippen LogP contribution >= 0.6 is 0 Å². The molecule has 0 aliphatic carbocycles. The van der Waals surface area contributed by atoms with Gasteiger partial charge in [0.2, 0.25) is 6.41 Å². The molecule has 2 N–H and O–H groups in total. The van der Waals surface area contributed by atoms with Crippen LogP contribution in [0.5, 0.6) is 28.7 Å². The Labute approximate surface area is 207 Å². The Morgan fingerprint density at radius 3 is 2.31 bits per heavy atom. The molecular weight excluding hydrogens is 464 g/mol. The molecule has 3 amide bonds. The lowest BCUT2D eigenvalue weighted by Gasteiger charge is -2.19.